The van der Waals surface area contributed by atoms with E-state index in [0.717, 1.165) is 18.2 Å². The average Bonchev–Trinajstić information content (AvgIpc) is 3.64. The quantitative estimate of drug-likeness (QED) is 0.342. The van der Waals surface area contributed by atoms with E-state index >= 15 is 0 Å². The van der Waals surface area contributed by atoms with Gasteiger partial charge in [0.25, 0.3) is 17.7 Å². The molecule has 0 saturated carbocycles. The molecule has 43 heavy (non-hydrogen) atoms. The van der Waals surface area contributed by atoms with Crippen molar-refractivity contribution in [3.63, 3.8) is 0 Å². The van der Waals surface area contributed by atoms with Gasteiger partial charge in [0.05, 0.1) is 17.4 Å². The number of amides is 3. The summed E-state index contributed by atoms with van der Waals surface area (Å²) in [7, 11) is 0. The minimum atomic E-state index is -4.64. The maximum absolute atomic E-state index is 14.3. The number of nitrogens with one attached hydrogen (secondary N) is 1. The van der Waals surface area contributed by atoms with Crippen LogP contribution in [0.1, 0.15) is 39.9 Å². The van der Waals surface area contributed by atoms with E-state index in [0.29, 0.717) is 34.9 Å². The molecule has 8 nitrogen and oxygen atoms in total. The lowest BCUT2D eigenvalue weighted by Crippen LogP contribution is -2.55. The van der Waals surface area contributed by atoms with Gasteiger partial charge >= 0.3 is 6.18 Å². The summed E-state index contributed by atoms with van der Waals surface area (Å²) in [6.45, 7) is 2.36. The fraction of sp³-hybridized carbons (Fsp3) is 0.188. The summed E-state index contributed by atoms with van der Waals surface area (Å²) in [5, 5.41) is 7.36. The predicted octanol–water partition coefficient (Wildman–Crippen LogP) is 5.09. The van der Waals surface area contributed by atoms with Gasteiger partial charge in [-0.15, -0.1) is 0 Å². The first kappa shape index (κ1) is 28.0. The molecule has 3 heterocycles. The van der Waals surface area contributed by atoms with Gasteiger partial charge < -0.3 is 10.2 Å². The van der Waals surface area contributed by atoms with Crippen LogP contribution in [0.4, 0.5) is 24.7 Å². The fourth-order valence-corrected chi connectivity index (χ4v) is 5.71. The third-order valence-electron chi connectivity index (χ3n) is 7.66. The van der Waals surface area contributed by atoms with Crippen molar-refractivity contribution in [1.82, 2.24) is 15.1 Å². The van der Waals surface area contributed by atoms with Crippen molar-refractivity contribution in [1.29, 1.82) is 0 Å². The zero-order chi connectivity index (χ0) is 30.3. The van der Waals surface area contributed by atoms with Crippen LogP contribution >= 0.6 is 0 Å². The summed E-state index contributed by atoms with van der Waals surface area (Å²) < 4.78 is 41.9. The zero-order valence-electron chi connectivity index (χ0n) is 23.0. The van der Waals surface area contributed by atoms with Crippen LogP contribution < -0.4 is 15.1 Å². The Hall–Kier alpha value is -5.19. The first-order valence-electron chi connectivity index (χ1n) is 13.7. The third kappa shape index (κ3) is 4.96. The van der Waals surface area contributed by atoms with E-state index in [-0.39, 0.29) is 18.0 Å². The fourth-order valence-electron chi connectivity index (χ4n) is 5.71. The monoisotopic (exact) mass is 585 g/mol. The molecule has 218 valence electrons. The number of para-hydroxylation sites is 2. The number of aromatic nitrogens is 2. The van der Waals surface area contributed by atoms with Gasteiger partial charge in [-0.05, 0) is 48.9 Å². The van der Waals surface area contributed by atoms with E-state index in [1.807, 2.05) is 30.3 Å². The summed E-state index contributed by atoms with van der Waals surface area (Å²) in [6.07, 6.45) is 0.185. The van der Waals surface area contributed by atoms with E-state index in [1.54, 1.807) is 53.0 Å². The van der Waals surface area contributed by atoms with Gasteiger partial charge in [-0.1, -0.05) is 48.5 Å². The normalized spacial score (nSPS) is 18.2. The van der Waals surface area contributed by atoms with Gasteiger partial charge in [0.15, 0.2) is 0 Å². The smallest absolute Gasteiger partial charge is 0.339 e. The summed E-state index contributed by atoms with van der Waals surface area (Å²) in [4.78, 5) is 43.6. The van der Waals surface area contributed by atoms with Gasteiger partial charge in [-0.25, -0.2) is 4.68 Å². The molecule has 1 N–H and O–H groups in total. The molecular weight excluding hydrogens is 559 g/mol. The van der Waals surface area contributed by atoms with Crippen LogP contribution in [-0.2, 0) is 15.8 Å². The topological polar surface area (TPSA) is 87.5 Å². The second kappa shape index (κ2) is 10.9. The van der Waals surface area contributed by atoms with Crippen LogP contribution in [0.3, 0.4) is 0 Å². The van der Waals surface area contributed by atoms with Crippen LogP contribution in [0, 0.1) is 0 Å². The molecule has 2 atom stereocenters. The van der Waals surface area contributed by atoms with E-state index in [1.165, 1.54) is 17.0 Å². The van der Waals surface area contributed by atoms with Gasteiger partial charge in [0.1, 0.15) is 11.9 Å². The van der Waals surface area contributed by atoms with Gasteiger partial charge in [-0.3, -0.25) is 19.3 Å². The number of alkyl halides is 3. The Bertz CT molecular complexity index is 1750. The maximum Gasteiger partial charge on any atom is 0.416 e. The SMILES string of the molecule is CCN1C(=O)[C@H](NC(=O)c2cccc(C(F)(F)F)c2)[C@@H](c2ccccc2N2CC=CC2=O)c2cnn(-c3ccccc3)c21. The summed E-state index contributed by atoms with van der Waals surface area (Å²) in [5.41, 5.74) is 1.27. The molecule has 2 aliphatic heterocycles. The molecule has 0 fully saturated rings. The predicted molar refractivity (Wildman–Crippen MR) is 154 cm³/mol. The van der Waals surface area contributed by atoms with E-state index in [2.05, 4.69) is 10.4 Å². The highest BCUT2D eigenvalue weighted by Gasteiger charge is 2.45. The molecule has 6 rings (SSSR count). The van der Waals surface area contributed by atoms with Gasteiger partial charge in [0.2, 0.25) is 0 Å². The molecule has 3 aromatic carbocycles. The molecule has 0 aliphatic carbocycles. The molecule has 2 aliphatic rings. The van der Waals surface area contributed by atoms with Crippen molar-refractivity contribution in [2.45, 2.75) is 25.1 Å². The van der Waals surface area contributed by atoms with Crippen molar-refractivity contribution in [2.24, 2.45) is 0 Å². The van der Waals surface area contributed by atoms with Gasteiger partial charge in [-0.2, -0.15) is 18.3 Å². The summed E-state index contributed by atoms with van der Waals surface area (Å²) in [6, 6.07) is 19.2. The molecule has 0 unspecified atom stereocenters. The molecular formula is C32H26F3N5O3. The molecule has 1 aromatic heterocycles. The second-order valence-electron chi connectivity index (χ2n) is 10.2. The number of nitrogens with zero attached hydrogens (tertiary/aromatic N) is 4. The lowest BCUT2D eigenvalue weighted by molar-refractivity contribution is -0.137. The van der Waals surface area contributed by atoms with E-state index in [9.17, 15) is 27.6 Å². The van der Waals surface area contributed by atoms with Crippen molar-refractivity contribution in [3.8, 4) is 5.69 Å². The lowest BCUT2D eigenvalue weighted by atomic mass is 9.81. The number of hydrogen-bond donors (Lipinski definition) is 1. The lowest BCUT2D eigenvalue weighted by Gasteiger charge is -2.39. The number of carbonyl (C=O) groups is 3. The Kier molecular flexibility index (Phi) is 7.09. The number of halogens is 3. The molecule has 0 saturated heterocycles. The Labute approximate surface area is 245 Å². The summed E-state index contributed by atoms with van der Waals surface area (Å²) in [5.74, 6) is -1.83. The van der Waals surface area contributed by atoms with Crippen LogP contribution in [-0.4, -0.2) is 46.6 Å². The standard InChI is InChI=1S/C32H26F3N5O3/c1-2-38-30-24(19-36-40(30)22-12-4-3-5-13-22)27(23-14-6-7-15-25(23)39-17-9-16-26(39)41)28(31(38)43)37-29(42)20-10-8-11-21(18-20)32(33,34)35/h3-16,18-19,27-28H,2,17H2,1H3,(H,37,42)/t27-,28+/m0/s1. The number of anilines is 2. The highest BCUT2D eigenvalue weighted by atomic mass is 19.4. The minimum absolute atomic E-state index is 0.227. The minimum Gasteiger partial charge on any atom is -0.339 e. The average molecular weight is 586 g/mol. The van der Waals surface area contributed by atoms with Crippen LogP contribution in [0.15, 0.2) is 97.2 Å². The van der Waals surface area contributed by atoms with Crippen molar-refractivity contribution in [2.75, 3.05) is 22.9 Å². The van der Waals surface area contributed by atoms with E-state index in [4.69, 9.17) is 0 Å². The number of benzene rings is 3. The highest BCUT2D eigenvalue weighted by molar-refractivity contribution is 6.07. The first-order chi connectivity index (χ1) is 20.7. The Morgan fingerprint density at radius 1 is 0.977 bits per heavy atom. The number of rotatable bonds is 6. The third-order valence-corrected chi connectivity index (χ3v) is 7.66. The Balaban J connectivity index is 1.51. The van der Waals surface area contributed by atoms with Crippen LogP contribution in [0.25, 0.3) is 5.69 Å². The van der Waals surface area contributed by atoms with Crippen molar-refractivity contribution >= 4 is 29.2 Å². The number of carbonyl (C=O) groups excluding carboxylic acids is 3. The van der Waals surface area contributed by atoms with Gasteiger partial charge in [0, 0.05) is 41.9 Å². The molecule has 11 heteroatoms. The van der Waals surface area contributed by atoms with Crippen LogP contribution in [0.5, 0.6) is 0 Å². The van der Waals surface area contributed by atoms with Crippen molar-refractivity contribution < 1.29 is 27.6 Å². The number of hydrogen-bond acceptors (Lipinski definition) is 4. The van der Waals surface area contributed by atoms with E-state index < -0.39 is 35.5 Å². The largest absolute Gasteiger partial charge is 0.416 e. The molecule has 4 aromatic rings. The second-order valence-corrected chi connectivity index (χ2v) is 10.2. The number of likely N-dealkylation sites (N-methyl/N-ethyl adjacent to an activating group) is 1. The number of fused-ring (bicyclic) bond motifs is 1. The highest BCUT2D eigenvalue weighted by Crippen LogP contribution is 2.44. The summed E-state index contributed by atoms with van der Waals surface area (Å²) >= 11 is 0. The Morgan fingerprint density at radius 2 is 1.72 bits per heavy atom. The van der Waals surface area contributed by atoms with Crippen molar-refractivity contribution in [3.05, 3.63) is 119 Å². The zero-order valence-corrected chi connectivity index (χ0v) is 23.0. The van der Waals surface area contributed by atoms with Crippen LogP contribution in [0.2, 0.25) is 0 Å². The molecule has 0 spiro atoms. The molecule has 0 radical (unpaired) electrons. The molecule has 3 amide bonds. The molecule has 0 bridgehead atoms. The maximum atomic E-state index is 14.3. The first-order valence-corrected chi connectivity index (χ1v) is 13.7. The Morgan fingerprint density at radius 3 is 2.42 bits per heavy atom.